The highest BCUT2D eigenvalue weighted by atomic mass is 79.9. The van der Waals surface area contributed by atoms with Crippen LogP contribution in [0.4, 0.5) is 0 Å². The molecule has 1 unspecified atom stereocenters. The zero-order valence-corrected chi connectivity index (χ0v) is 12.1. The molecule has 3 nitrogen and oxygen atoms in total. The molecule has 17 heavy (non-hydrogen) atoms. The minimum atomic E-state index is 0.206. The summed E-state index contributed by atoms with van der Waals surface area (Å²) in [5, 5.41) is 4.17. The quantitative estimate of drug-likeness (QED) is 0.757. The first kappa shape index (κ1) is 13.1. The van der Waals surface area contributed by atoms with Gasteiger partial charge >= 0.3 is 0 Å². The van der Waals surface area contributed by atoms with Crippen molar-refractivity contribution in [3.8, 4) is 0 Å². The van der Waals surface area contributed by atoms with Crippen molar-refractivity contribution in [2.75, 3.05) is 0 Å². The Hall–Kier alpha value is -0.380. The lowest BCUT2D eigenvalue weighted by Gasteiger charge is -2.15. The third-order valence-electron chi connectivity index (χ3n) is 3.55. The molecule has 1 saturated carbocycles. The van der Waals surface area contributed by atoms with Crippen LogP contribution in [0.2, 0.25) is 0 Å². The maximum absolute atomic E-state index is 5.33. The fourth-order valence-electron chi connectivity index (χ4n) is 2.43. The van der Waals surface area contributed by atoms with E-state index < -0.39 is 0 Å². The number of alkyl halides is 1. The number of rotatable bonds is 3. The van der Waals surface area contributed by atoms with Gasteiger partial charge in [-0.1, -0.05) is 60.1 Å². The first-order valence-electron chi connectivity index (χ1n) is 6.78. The number of nitrogens with zero attached hydrogens (tertiary/aromatic N) is 2. The average molecular weight is 301 g/mol. The Labute approximate surface area is 111 Å². The molecule has 2 rings (SSSR count). The Bertz CT molecular complexity index is 332. The van der Waals surface area contributed by atoms with Crippen molar-refractivity contribution in [3.05, 3.63) is 11.7 Å². The molecule has 1 atom stereocenters. The maximum atomic E-state index is 5.33. The molecular weight excluding hydrogens is 280 g/mol. The molecule has 1 aliphatic rings. The standard InChI is InChI=1S/C13H21BrN2O/c1-2-11(14)13-15-12(16-17-13)10-8-6-4-3-5-7-9-10/h10-11H,2-9H2,1H3. The van der Waals surface area contributed by atoms with E-state index in [1.54, 1.807) is 0 Å². The van der Waals surface area contributed by atoms with Crippen LogP contribution in [-0.4, -0.2) is 10.1 Å². The molecule has 1 heterocycles. The SMILES string of the molecule is CCC(Br)c1nc(C2CCCCCCC2)no1. The summed E-state index contributed by atoms with van der Waals surface area (Å²) >= 11 is 3.55. The lowest BCUT2D eigenvalue weighted by atomic mass is 9.91. The number of hydrogen-bond acceptors (Lipinski definition) is 3. The van der Waals surface area contributed by atoms with E-state index in [0.29, 0.717) is 5.92 Å². The lowest BCUT2D eigenvalue weighted by molar-refractivity contribution is 0.360. The zero-order chi connectivity index (χ0) is 12.1. The molecule has 4 heteroatoms. The predicted molar refractivity (Wildman–Crippen MR) is 71.3 cm³/mol. The van der Waals surface area contributed by atoms with E-state index in [1.165, 1.54) is 44.9 Å². The Morgan fingerprint density at radius 3 is 2.53 bits per heavy atom. The van der Waals surface area contributed by atoms with Crippen molar-refractivity contribution < 1.29 is 4.52 Å². The normalized spacial score (nSPS) is 20.8. The van der Waals surface area contributed by atoms with Crippen LogP contribution in [0.25, 0.3) is 0 Å². The molecule has 1 aromatic heterocycles. The predicted octanol–water partition coefficient (Wildman–Crippen LogP) is 4.74. The summed E-state index contributed by atoms with van der Waals surface area (Å²) < 4.78 is 5.33. The van der Waals surface area contributed by atoms with Crippen molar-refractivity contribution in [1.82, 2.24) is 10.1 Å². The molecule has 0 aromatic carbocycles. The summed E-state index contributed by atoms with van der Waals surface area (Å²) in [6, 6.07) is 0. The fourth-order valence-corrected chi connectivity index (χ4v) is 2.62. The molecule has 0 aliphatic heterocycles. The Balaban J connectivity index is 2.01. The van der Waals surface area contributed by atoms with E-state index in [4.69, 9.17) is 4.52 Å². The molecule has 0 saturated heterocycles. The van der Waals surface area contributed by atoms with Crippen molar-refractivity contribution in [1.29, 1.82) is 0 Å². The van der Waals surface area contributed by atoms with Crippen LogP contribution in [0.15, 0.2) is 4.52 Å². The van der Waals surface area contributed by atoms with Gasteiger partial charge < -0.3 is 4.52 Å². The van der Waals surface area contributed by atoms with Gasteiger partial charge in [-0.3, -0.25) is 0 Å². The highest BCUT2D eigenvalue weighted by Gasteiger charge is 2.21. The Kier molecular flexibility index (Phi) is 5.01. The van der Waals surface area contributed by atoms with Crippen LogP contribution < -0.4 is 0 Å². The maximum Gasteiger partial charge on any atom is 0.240 e. The Morgan fingerprint density at radius 2 is 1.88 bits per heavy atom. The van der Waals surface area contributed by atoms with Gasteiger partial charge in [-0.2, -0.15) is 4.98 Å². The van der Waals surface area contributed by atoms with Crippen LogP contribution in [0, 0.1) is 0 Å². The van der Waals surface area contributed by atoms with Crippen LogP contribution in [0.3, 0.4) is 0 Å². The van der Waals surface area contributed by atoms with Crippen molar-refractivity contribution in [2.24, 2.45) is 0 Å². The highest BCUT2D eigenvalue weighted by Crippen LogP contribution is 2.31. The highest BCUT2D eigenvalue weighted by molar-refractivity contribution is 9.09. The summed E-state index contributed by atoms with van der Waals surface area (Å²) in [6.45, 7) is 2.11. The summed E-state index contributed by atoms with van der Waals surface area (Å²) in [6.07, 6.45) is 10.1. The van der Waals surface area contributed by atoms with Gasteiger partial charge in [0.25, 0.3) is 0 Å². The molecule has 1 fully saturated rings. The number of aromatic nitrogens is 2. The second-order valence-corrected chi connectivity index (χ2v) is 6.01. The summed E-state index contributed by atoms with van der Waals surface area (Å²) in [4.78, 5) is 4.76. The van der Waals surface area contributed by atoms with E-state index in [-0.39, 0.29) is 4.83 Å². The third-order valence-corrected chi connectivity index (χ3v) is 4.59. The van der Waals surface area contributed by atoms with E-state index in [2.05, 4.69) is 33.0 Å². The van der Waals surface area contributed by atoms with E-state index >= 15 is 0 Å². The number of halogens is 1. The fraction of sp³-hybridized carbons (Fsp3) is 0.846. The van der Waals surface area contributed by atoms with Gasteiger partial charge in [0.1, 0.15) is 0 Å². The van der Waals surface area contributed by atoms with Gasteiger partial charge in [-0.15, -0.1) is 0 Å². The van der Waals surface area contributed by atoms with Gasteiger partial charge in [0.05, 0.1) is 4.83 Å². The first-order chi connectivity index (χ1) is 8.31. The second kappa shape index (κ2) is 6.53. The summed E-state index contributed by atoms with van der Waals surface area (Å²) in [5.41, 5.74) is 0. The molecule has 1 aliphatic carbocycles. The Morgan fingerprint density at radius 1 is 1.24 bits per heavy atom. The zero-order valence-electron chi connectivity index (χ0n) is 10.5. The van der Waals surface area contributed by atoms with Crippen LogP contribution in [0.5, 0.6) is 0 Å². The minimum absolute atomic E-state index is 0.206. The monoisotopic (exact) mass is 300 g/mol. The van der Waals surface area contributed by atoms with Gasteiger partial charge in [0.2, 0.25) is 5.89 Å². The van der Waals surface area contributed by atoms with E-state index in [1.807, 2.05) is 0 Å². The second-order valence-electron chi connectivity index (χ2n) is 4.91. The molecular formula is C13H21BrN2O. The van der Waals surface area contributed by atoms with Gasteiger partial charge in [-0.25, -0.2) is 0 Å². The van der Waals surface area contributed by atoms with Gasteiger partial charge in [0.15, 0.2) is 5.82 Å². The van der Waals surface area contributed by atoms with Crippen molar-refractivity contribution >= 4 is 15.9 Å². The molecule has 0 spiro atoms. The van der Waals surface area contributed by atoms with E-state index in [9.17, 15) is 0 Å². The average Bonchev–Trinajstić information content (AvgIpc) is 2.77. The molecule has 0 amide bonds. The largest absolute Gasteiger partial charge is 0.338 e. The molecule has 0 N–H and O–H groups in total. The molecule has 96 valence electrons. The van der Waals surface area contributed by atoms with Gasteiger partial charge in [-0.05, 0) is 19.3 Å². The topological polar surface area (TPSA) is 38.9 Å². The molecule has 0 radical (unpaired) electrons. The van der Waals surface area contributed by atoms with Crippen molar-refractivity contribution in [3.63, 3.8) is 0 Å². The molecule has 0 bridgehead atoms. The van der Waals surface area contributed by atoms with Crippen LogP contribution in [-0.2, 0) is 0 Å². The lowest BCUT2D eigenvalue weighted by Crippen LogP contribution is -2.04. The van der Waals surface area contributed by atoms with E-state index in [0.717, 1.165) is 18.1 Å². The van der Waals surface area contributed by atoms with Crippen LogP contribution in [0.1, 0.15) is 80.8 Å². The first-order valence-corrected chi connectivity index (χ1v) is 7.70. The smallest absolute Gasteiger partial charge is 0.240 e. The number of hydrogen-bond donors (Lipinski definition) is 0. The van der Waals surface area contributed by atoms with Crippen LogP contribution >= 0.6 is 15.9 Å². The summed E-state index contributed by atoms with van der Waals surface area (Å²) in [5.74, 6) is 2.19. The summed E-state index contributed by atoms with van der Waals surface area (Å²) in [7, 11) is 0. The minimum Gasteiger partial charge on any atom is -0.338 e. The van der Waals surface area contributed by atoms with Gasteiger partial charge in [0, 0.05) is 5.92 Å². The van der Waals surface area contributed by atoms with Crippen molar-refractivity contribution in [2.45, 2.75) is 69.0 Å². The molecule has 1 aromatic rings. The third kappa shape index (κ3) is 3.54.